The van der Waals surface area contributed by atoms with Crippen molar-refractivity contribution in [2.24, 2.45) is 17.6 Å². The average Bonchev–Trinajstić information content (AvgIpc) is 3.12. The Kier molecular flexibility index (Phi) is 3.73. The molecule has 1 saturated carbocycles. The van der Waals surface area contributed by atoms with Gasteiger partial charge in [0.1, 0.15) is 5.54 Å². The lowest BCUT2D eigenvalue weighted by atomic mass is 9.90. The largest absolute Gasteiger partial charge is 0.368 e. The topological polar surface area (TPSA) is 58.4 Å². The molecule has 1 aliphatic heterocycles. The molecule has 1 saturated heterocycles. The fraction of sp³-hybridized carbons (Fsp3) is 0.923. The van der Waals surface area contributed by atoms with Crippen LogP contribution in [0.25, 0.3) is 0 Å². The zero-order valence-corrected chi connectivity index (χ0v) is 11.0. The monoisotopic (exact) mass is 239 g/mol. The van der Waals surface area contributed by atoms with E-state index >= 15 is 0 Å². The molecule has 1 aliphatic carbocycles. The first-order valence-electron chi connectivity index (χ1n) is 6.79. The zero-order chi connectivity index (χ0) is 12.5. The molecular formula is C13H25N3O. The number of likely N-dealkylation sites (N-methyl/N-ethyl adjacent to an activating group) is 1. The molecule has 4 heteroatoms. The highest BCUT2D eigenvalue weighted by molar-refractivity contribution is 5.86. The van der Waals surface area contributed by atoms with Gasteiger partial charge in [0, 0.05) is 6.54 Å². The number of rotatable bonds is 5. The van der Waals surface area contributed by atoms with Crippen LogP contribution in [0.5, 0.6) is 0 Å². The second-order valence-corrected chi connectivity index (χ2v) is 5.82. The highest BCUT2D eigenvalue weighted by atomic mass is 16.1. The predicted octanol–water partition coefficient (Wildman–Crippen LogP) is 0.572. The Morgan fingerprint density at radius 1 is 1.35 bits per heavy atom. The summed E-state index contributed by atoms with van der Waals surface area (Å²) >= 11 is 0. The molecule has 2 aliphatic rings. The minimum absolute atomic E-state index is 0.180. The van der Waals surface area contributed by atoms with Crippen molar-refractivity contribution in [3.05, 3.63) is 0 Å². The normalized spacial score (nSPS) is 26.7. The Bertz CT molecular complexity index is 282. The van der Waals surface area contributed by atoms with Crippen molar-refractivity contribution in [2.45, 2.75) is 38.1 Å². The smallest absolute Gasteiger partial charge is 0.239 e. The highest BCUT2D eigenvalue weighted by Gasteiger charge is 2.49. The van der Waals surface area contributed by atoms with Crippen molar-refractivity contribution in [3.63, 3.8) is 0 Å². The van der Waals surface area contributed by atoms with Crippen LogP contribution in [-0.4, -0.2) is 43.0 Å². The summed E-state index contributed by atoms with van der Waals surface area (Å²) in [7, 11) is 1.87. The van der Waals surface area contributed by atoms with E-state index in [1.165, 1.54) is 12.8 Å². The molecule has 4 nitrogen and oxygen atoms in total. The van der Waals surface area contributed by atoms with Crippen molar-refractivity contribution in [3.8, 4) is 0 Å². The molecule has 17 heavy (non-hydrogen) atoms. The van der Waals surface area contributed by atoms with Crippen LogP contribution in [0.4, 0.5) is 0 Å². The number of hydrogen-bond acceptors (Lipinski definition) is 3. The molecule has 0 aromatic rings. The van der Waals surface area contributed by atoms with E-state index in [2.05, 4.69) is 17.1 Å². The number of carbonyl (C=O) groups excluding carboxylic acids is 1. The summed E-state index contributed by atoms with van der Waals surface area (Å²) in [5.41, 5.74) is 5.15. The summed E-state index contributed by atoms with van der Waals surface area (Å²) in [4.78, 5) is 14.2. The summed E-state index contributed by atoms with van der Waals surface area (Å²) in [5, 5.41) is 3.22. The Labute approximate surface area is 104 Å². The fourth-order valence-electron chi connectivity index (χ4n) is 2.96. The molecule has 1 atom stereocenters. The van der Waals surface area contributed by atoms with E-state index in [0.29, 0.717) is 5.92 Å². The average molecular weight is 239 g/mol. The van der Waals surface area contributed by atoms with Gasteiger partial charge in [-0.25, -0.2) is 0 Å². The maximum absolute atomic E-state index is 11.8. The molecule has 0 bridgehead atoms. The van der Waals surface area contributed by atoms with Crippen LogP contribution in [0.1, 0.15) is 32.6 Å². The zero-order valence-electron chi connectivity index (χ0n) is 11.0. The summed E-state index contributed by atoms with van der Waals surface area (Å²) < 4.78 is 0. The van der Waals surface area contributed by atoms with E-state index < -0.39 is 5.54 Å². The number of carbonyl (C=O) groups is 1. The molecule has 0 radical (unpaired) electrons. The number of hydrogen-bond donors (Lipinski definition) is 2. The lowest BCUT2D eigenvalue weighted by Gasteiger charge is -2.39. The van der Waals surface area contributed by atoms with Crippen LogP contribution in [-0.2, 0) is 4.79 Å². The van der Waals surface area contributed by atoms with E-state index in [0.717, 1.165) is 38.4 Å². The second kappa shape index (κ2) is 4.94. The number of amides is 1. The van der Waals surface area contributed by atoms with Gasteiger partial charge in [0.25, 0.3) is 0 Å². The van der Waals surface area contributed by atoms with Gasteiger partial charge < -0.3 is 16.0 Å². The molecule has 1 unspecified atom stereocenters. The van der Waals surface area contributed by atoms with Gasteiger partial charge in [0.15, 0.2) is 0 Å². The molecule has 0 aromatic heterocycles. The molecule has 0 aromatic carbocycles. The minimum Gasteiger partial charge on any atom is -0.368 e. The molecule has 0 spiro atoms. The van der Waals surface area contributed by atoms with Gasteiger partial charge in [-0.2, -0.15) is 0 Å². The van der Waals surface area contributed by atoms with Gasteiger partial charge in [-0.05, 0) is 57.7 Å². The van der Waals surface area contributed by atoms with Crippen LogP contribution in [0.15, 0.2) is 0 Å². The third-order valence-corrected chi connectivity index (χ3v) is 4.51. The van der Waals surface area contributed by atoms with Crippen molar-refractivity contribution in [2.75, 3.05) is 26.7 Å². The third kappa shape index (κ3) is 2.63. The predicted molar refractivity (Wildman–Crippen MR) is 68.5 cm³/mol. The molecule has 1 amide bonds. The number of nitrogens with one attached hydrogen (secondary N) is 1. The maximum Gasteiger partial charge on any atom is 0.239 e. The Hall–Kier alpha value is -0.610. The van der Waals surface area contributed by atoms with Crippen molar-refractivity contribution >= 4 is 5.91 Å². The van der Waals surface area contributed by atoms with E-state index in [1.807, 2.05) is 7.05 Å². The number of nitrogens with zero attached hydrogens (tertiary/aromatic N) is 1. The van der Waals surface area contributed by atoms with Crippen molar-refractivity contribution in [1.82, 2.24) is 10.2 Å². The first-order valence-corrected chi connectivity index (χ1v) is 6.79. The molecule has 98 valence electrons. The van der Waals surface area contributed by atoms with Gasteiger partial charge in [-0.1, -0.05) is 6.92 Å². The van der Waals surface area contributed by atoms with Crippen LogP contribution in [0.3, 0.4) is 0 Å². The van der Waals surface area contributed by atoms with Crippen LogP contribution >= 0.6 is 0 Å². The highest BCUT2D eigenvalue weighted by Crippen LogP contribution is 2.40. The number of likely N-dealkylation sites (tertiary alicyclic amines) is 1. The van der Waals surface area contributed by atoms with Crippen LogP contribution in [0.2, 0.25) is 0 Å². The molecule has 1 heterocycles. The van der Waals surface area contributed by atoms with E-state index in [9.17, 15) is 4.79 Å². The van der Waals surface area contributed by atoms with Gasteiger partial charge in [-0.15, -0.1) is 0 Å². The van der Waals surface area contributed by atoms with Gasteiger partial charge in [0.2, 0.25) is 5.91 Å². The van der Waals surface area contributed by atoms with Crippen LogP contribution in [0, 0.1) is 11.8 Å². The summed E-state index contributed by atoms with van der Waals surface area (Å²) in [5.74, 6) is 1.09. The molecular weight excluding hydrogens is 214 g/mol. The van der Waals surface area contributed by atoms with Gasteiger partial charge >= 0.3 is 0 Å². The number of nitrogens with two attached hydrogens (primary N) is 1. The lowest BCUT2D eigenvalue weighted by Crippen LogP contribution is -2.62. The summed E-state index contributed by atoms with van der Waals surface area (Å²) in [6.07, 6.45) is 4.74. The van der Waals surface area contributed by atoms with E-state index in [4.69, 9.17) is 5.73 Å². The summed E-state index contributed by atoms with van der Waals surface area (Å²) in [6, 6.07) is 0. The third-order valence-electron chi connectivity index (χ3n) is 4.51. The molecule has 3 N–H and O–H groups in total. The molecule has 2 rings (SSSR count). The van der Waals surface area contributed by atoms with Crippen molar-refractivity contribution < 1.29 is 4.79 Å². The Balaban J connectivity index is 2.00. The van der Waals surface area contributed by atoms with Gasteiger partial charge in [-0.3, -0.25) is 4.79 Å². The summed E-state index contributed by atoms with van der Waals surface area (Å²) in [6.45, 7) is 5.29. The number of primary amides is 1. The van der Waals surface area contributed by atoms with Crippen molar-refractivity contribution in [1.29, 1.82) is 0 Å². The minimum atomic E-state index is -0.486. The first-order chi connectivity index (χ1) is 8.08. The maximum atomic E-state index is 11.8. The number of piperidine rings is 1. The van der Waals surface area contributed by atoms with Gasteiger partial charge in [0.05, 0.1) is 0 Å². The SMILES string of the molecule is CNC(CN1CCC(C)CC1)(C(N)=O)C1CC1. The molecule has 2 fully saturated rings. The van der Waals surface area contributed by atoms with E-state index in [-0.39, 0.29) is 5.91 Å². The standard InChI is InChI=1S/C13H25N3O/c1-10-5-7-16(8-6-10)9-13(15-2,12(14)17)11-3-4-11/h10-11,15H,3-9H2,1-2H3,(H2,14,17). The lowest BCUT2D eigenvalue weighted by molar-refractivity contribution is -0.126. The van der Waals surface area contributed by atoms with Crippen LogP contribution < -0.4 is 11.1 Å². The Morgan fingerprint density at radius 3 is 2.35 bits per heavy atom. The second-order valence-electron chi connectivity index (χ2n) is 5.82. The Morgan fingerprint density at radius 2 is 1.94 bits per heavy atom. The quantitative estimate of drug-likeness (QED) is 0.737. The fourth-order valence-corrected chi connectivity index (χ4v) is 2.96. The first kappa shape index (κ1) is 12.8. The van der Waals surface area contributed by atoms with E-state index in [1.54, 1.807) is 0 Å².